The summed E-state index contributed by atoms with van der Waals surface area (Å²) in [5.41, 5.74) is 2.29. The van der Waals surface area contributed by atoms with Crippen molar-refractivity contribution in [1.82, 2.24) is 25.1 Å². The summed E-state index contributed by atoms with van der Waals surface area (Å²) in [6, 6.07) is 2.26. The van der Waals surface area contributed by atoms with Crippen LogP contribution in [0.25, 0.3) is 0 Å². The summed E-state index contributed by atoms with van der Waals surface area (Å²) < 4.78 is 5.62. The summed E-state index contributed by atoms with van der Waals surface area (Å²) in [6.07, 6.45) is 7.16. The average molecular weight is 289 g/mol. The van der Waals surface area contributed by atoms with E-state index in [9.17, 15) is 0 Å². The highest BCUT2D eigenvalue weighted by Gasteiger charge is 2.26. The summed E-state index contributed by atoms with van der Waals surface area (Å²) in [6.45, 7) is 5.48. The van der Waals surface area contributed by atoms with Gasteiger partial charge in [-0.3, -0.25) is 10.00 Å². The highest BCUT2D eigenvalue weighted by atomic mass is 16.5. The second-order valence-electron chi connectivity index (χ2n) is 5.53. The number of imidazole rings is 1. The van der Waals surface area contributed by atoms with Gasteiger partial charge in [0.1, 0.15) is 5.82 Å². The van der Waals surface area contributed by atoms with Gasteiger partial charge in [-0.25, -0.2) is 4.98 Å². The van der Waals surface area contributed by atoms with Crippen LogP contribution in [0.5, 0.6) is 0 Å². The lowest BCUT2D eigenvalue weighted by Crippen LogP contribution is -2.39. The standard InChI is InChI=1S/C15H23N5O/c1-2-3-4-15-16-9-12(18-15)10-20-7-8-21-11-14(20)13-5-6-17-19-13/h5-6,9,14H,2-4,7-8,10-11H2,1H3,(H,16,18)(H,17,19)/t14-/m0/s1. The Morgan fingerprint density at radius 3 is 3.24 bits per heavy atom. The van der Waals surface area contributed by atoms with Crippen molar-refractivity contribution in [3.8, 4) is 0 Å². The number of aryl methyl sites for hydroxylation is 1. The predicted octanol–water partition coefficient (Wildman–Crippen LogP) is 2.05. The second-order valence-corrected chi connectivity index (χ2v) is 5.53. The molecule has 1 atom stereocenters. The molecule has 2 N–H and O–H groups in total. The third-order valence-electron chi connectivity index (χ3n) is 3.94. The molecule has 1 saturated heterocycles. The number of ether oxygens (including phenoxy) is 1. The van der Waals surface area contributed by atoms with E-state index in [1.54, 1.807) is 6.20 Å². The smallest absolute Gasteiger partial charge is 0.106 e. The SMILES string of the molecule is CCCCc1ncc(CN2CCOC[C@H]2c2ccn[nH]2)[nH]1. The highest BCUT2D eigenvalue weighted by Crippen LogP contribution is 2.23. The van der Waals surface area contributed by atoms with E-state index in [2.05, 4.69) is 32.0 Å². The molecule has 114 valence electrons. The maximum Gasteiger partial charge on any atom is 0.106 e. The van der Waals surface area contributed by atoms with Crippen LogP contribution in [0, 0.1) is 0 Å². The highest BCUT2D eigenvalue weighted by molar-refractivity contribution is 5.08. The Labute approximate surface area is 124 Å². The molecule has 0 saturated carbocycles. The molecule has 0 aliphatic carbocycles. The summed E-state index contributed by atoms with van der Waals surface area (Å²) in [4.78, 5) is 10.3. The molecule has 21 heavy (non-hydrogen) atoms. The van der Waals surface area contributed by atoms with E-state index in [4.69, 9.17) is 4.74 Å². The van der Waals surface area contributed by atoms with E-state index in [-0.39, 0.29) is 6.04 Å². The Kier molecular flexibility index (Phi) is 4.67. The van der Waals surface area contributed by atoms with Gasteiger partial charge in [0, 0.05) is 37.6 Å². The Bertz CT molecular complexity index is 536. The van der Waals surface area contributed by atoms with Gasteiger partial charge in [0.05, 0.1) is 24.9 Å². The first-order chi connectivity index (χ1) is 10.4. The fourth-order valence-electron chi connectivity index (χ4n) is 2.74. The van der Waals surface area contributed by atoms with Gasteiger partial charge in [0.2, 0.25) is 0 Å². The van der Waals surface area contributed by atoms with Crippen LogP contribution < -0.4 is 0 Å². The molecule has 0 aromatic carbocycles. The minimum atomic E-state index is 0.239. The monoisotopic (exact) mass is 289 g/mol. The van der Waals surface area contributed by atoms with Crippen LogP contribution in [0.2, 0.25) is 0 Å². The van der Waals surface area contributed by atoms with E-state index >= 15 is 0 Å². The van der Waals surface area contributed by atoms with Gasteiger partial charge < -0.3 is 9.72 Å². The Balaban J connectivity index is 1.65. The first-order valence-corrected chi connectivity index (χ1v) is 7.70. The van der Waals surface area contributed by atoms with E-state index in [0.717, 1.165) is 37.6 Å². The van der Waals surface area contributed by atoms with Crippen LogP contribution in [0.4, 0.5) is 0 Å². The summed E-state index contributed by atoms with van der Waals surface area (Å²) in [7, 11) is 0. The molecule has 0 bridgehead atoms. The van der Waals surface area contributed by atoms with Gasteiger partial charge in [-0.2, -0.15) is 5.10 Å². The molecule has 1 aliphatic rings. The second kappa shape index (κ2) is 6.87. The number of aromatic nitrogens is 4. The maximum atomic E-state index is 5.62. The van der Waals surface area contributed by atoms with Crippen LogP contribution in [0.1, 0.15) is 43.0 Å². The third-order valence-corrected chi connectivity index (χ3v) is 3.94. The third kappa shape index (κ3) is 3.51. The zero-order valence-corrected chi connectivity index (χ0v) is 12.5. The zero-order valence-electron chi connectivity index (χ0n) is 12.5. The van der Waals surface area contributed by atoms with Crippen molar-refractivity contribution in [3.63, 3.8) is 0 Å². The number of hydrogen-bond acceptors (Lipinski definition) is 4. The predicted molar refractivity (Wildman–Crippen MR) is 79.8 cm³/mol. The summed E-state index contributed by atoms with van der Waals surface area (Å²) >= 11 is 0. The van der Waals surface area contributed by atoms with E-state index in [1.165, 1.54) is 18.5 Å². The lowest BCUT2D eigenvalue weighted by atomic mass is 10.1. The number of rotatable bonds is 6. The zero-order chi connectivity index (χ0) is 14.5. The Morgan fingerprint density at radius 2 is 2.43 bits per heavy atom. The maximum absolute atomic E-state index is 5.62. The van der Waals surface area contributed by atoms with Crippen LogP contribution in [-0.4, -0.2) is 44.8 Å². The van der Waals surface area contributed by atoms with Crippen molar-refractivity contribution < 1.29 is 4.74 Å². The molecule has 6 nitrogen and oxygen atoms in total. The number of H-pyrrole nitrogens is 2. The summed E-state index contributed by atoms with van der Waals surface area (Å²) in [5.74, 6) is 1.10. The minimum Gasteiger partial charge on any atom is -0.378 e. The molecule has 0 radical (unpaired) electrons. The quantitative estimate of drug-likeness (QED) is 0.854. The molecule has 2 aromatic rings. The van der Waals surface area contributed by atoms with Gasteiger partial charge in [-0.05, 0) is 12.5 Å². The number of morpholine rings is 1. The van der Waals surface area contributed by atoms with Crippen LogP contribution in [0.15, 0.2) is 18.5 Å². The molecule has 3 rings (SSSR count). The molecular formula is C15H23N5O. The molecule has 3 heterocycles. The topological polar surface area (TPSA) is 69.8 Å². The van der Waals surface area contributed by atoms with Crippen molar-refractivity contribution in [2.45, 2.75) is 38.8 Å². The lowest BCUT2D eigenvalue weighted by molar-refractivity contribution is -0.0147. The lowest BCUT2D eigenvalue weighted by Gasteiger charge is -2.34. The van der Waals surface area contributed by atoms with Crippen LogP contribution in [-0.2, 0) is 17.7 Å². The van der Waals surface area contributed by atoms with Crippen LogP contribution in [0.3, 0.4) is 0 Å². The van der Waals surface area contributed by atoms with Crippen molar-refractivity contribution in [3.05, 3.63) is 35.7 Å². The number of hydrogen-bond donors (Lipinski definition) is 2. The number of nitrogens with one attached hydrogen (secondary N) is 2. The molecule has 0 spiro atoms. The largest absolute Gasteiger partial charge is 0.378 e. The molecule has 6 heteroatoms. The first-order valence-electron chi connectivity index (χ1n) is 7.70. The molecule has 2 aromatic heterocycles. The molecule has 1 aliphatic heterocycles. The Morgan fingerprint density at radius 1 is 1.48 bits per heavy atom. The van der Waals surface area contributed by atoms with E-state index in [0.29, 0.717) is 6.61 Å². The summed E-state index contributed by atoms with van der Waals surface area (Å²) in [5, 5.41) is 7.11. The van der Waals surface area contributed by atoms with Crippen molar-refractivity contribution >= 4 is 0 Å². The van der Waals surface area contributed by atoms with Gasteiger partial charge in [0.15, 0.2) is 0 Å². The van der Waals surface area contributed by atoms with Gasteiger partial charge >= 0.3 is 0 Å². The number of nitrogens with zero attached hydrogens (tertiary/aromatic N) is 3. The number of unbranched alkanes of at least 4 members (excludes halogenated alkanes) is 1. The van der Waals surface area contributed by atoms with Crippen molar-refractivity contribution in [2.24, 2.45) is 0 Å². The fourth-order valence-corrected chi connectivity index (χ4v) is 2.74. The Hall–Kier alpha value is -1.66. The molecule has 1 fully saturated rings. The van der Waals surface area contributed by atoms with E-state index < -0.39 is 0 Å². The van der Waals surface area contributed by atoms with Crippen molar-refractivity contribution in [1.29, 1.82) is 0 Å². The normalized spacial score (nSPS) is 20.0. The van der Waals surface area contributed by atoms with E-state index in [1.807, 2.05) is 12.3 Å². The number of aromatic amines is 2. The van der Waals surface area contributed by atoms with Gasteiger partial charge in [0.25, 0.3) is 0 Å². The van der Waals surface area contributed by atoms with Crippen LogP contribution >= 0.6 is 0 Å². The van der Waals surface area contributed by atoms with Gasteiger partial charge in [-0.1, -0.05) is 13.3 Å². The molecule has 0 unspecified atom stereocenters. The van der Waals surface area contributed by atoms with Crippen molar-refractivity contribution in [2.75, 3.05) is 19.8 Å². The molecule has 0 amide bonds. The average Bonchev–Trinajstić information content (AvgIpc) is 3.17. The fraction of sp³-hybridized carbons (Fsp3) is 0.600. The minimum absolute atomic E-state index is 0.239. The first kappa shape index (κ1) is 14.3. The van der Waals surface area contributed by atoms with Gasteiger partial charge in [-0.15, -0.1) is 0 Å². The molecular weight excluding hydrogens is 266 g/mol.